The summed E-state index contributed by atoms with van der Waals surface area (Å²) < 4.78 is 0. The summed E-state index contributed by atoms with van der Waals surface area (Å²) >= 11 is 0. The van der Waals surface area contributed by atoms with E-state index in [9.17, 15) is 0 Å². The maximum absolute atomic E-state index is 5.23. The van der Waals surface area contributed by atoms with Crippen molar-refractivity contribution < 1.29 is 0 Å². The Kier molecular flexibility index (Phi) is 7.05. The highest BCUT2D eigenvalue weighted by atomic mass is 14.9. The summed E-state index contributed by atoms with van der Waals surface area (Å²) in [4.78, 5) is 10.4. The zero-order valence-electron chi connectivity index (χ0n) is 32.5. The lowest BCUT2D eigenvalue weighted by molar-refractivity contribution is 1.23. The van der Waals surface area contributed by atoms with Crippen molar-refractivity contribution in [2.75, 3.05) is 0 Å². The molecule has 0 fully saturated rings. The van der Waals surface area contributed by atoms with Gasteiger partial charge in [0.05, 0.1) is 11.2 Å². The van der Waals surface area contributed by atoms with Crippen LogP contribution >= 0.6 is 0 Å². The quantitative estimate of drug-likeness (QED) is 0.167. The second-order valence-electron chi connectivity index (χ2n) is 16.0. The standard InChI is InChI=1S/C58H34N2/c1-2-12-39(13-3-1)57-50-19-6-7-25-52(50)59-58(60-57)49-33-32-41(42-17-4-5-18-43(42)49)35-26-28-36(29-27-35)51-34-40-16-10-22-45-44-20-8-14-37-30-31-38-15-9-21-46(54(38)53(37)44)47-23-11-24-48(51)56(47)55(40)45/h1-34H. The predicted octanol–water partition coefficient (Wildman–Crippen LogP) is 15.8. The van der Waals surface area contributed by atoms with Crippen LogP contribution in [0.25, 0.3) is 131 Å². The molecule has 13 rings (SSSR count). The Bertz CT molecular complexity index is 3870. The molecule has 12 aromatic carbocycles. The predicted molar refractivity (Wildman–Crippen MR) is 255 cm³/mol. The summed E-state index contributed by atoms with van der Waals surface area (Å²) in [5, 5.41) is 18.9. The Morgan fingerprint density at radius 2 is 0.733 bits per heavy atom. The third-order valence-corrected chi connectivity index (χ3v) is 12.8. The summed E-state index contributed by atoms with van der Waals surface area (Å²) in [6.07, 6.45) is 0. The summed E-state index contributed by atoms with van der Waals surface area (Å²) in [6, 6.07) is 75.2. The highest BCUT2D eigenvalue weighted by molar-refractivity contribution is 6.38. The molecule has 0 atom stereocenters. The first-order valence-corrected chi connectivity index (χ1v) is 20.7. The van der Waals surface area contributed by atoms with Gasteiger partial charge in [-0.05, 0) is 116 Å². The van der Waals surface area contributed by atoms with Gasteiger partial charge in [-0.1, -0.05) is 188 Å². The Balaban J connectivity index is 0.989. The van der Waals surface area contributed by atoms with Gasteiger partial charge in [0.25, 0.3) is 0 Å². The third-order valence-electron chi connectivity index (χ3n) is 12.8. The smallest absolute Gasteiger partial charge is 0.161 e. The van der Waals surface area contributed by atoms with E-state index in [2.05, 4.69) is 194 Å². The largest absolute Gasteiger partial charge is 0.228 e. The van der Waals surface area contributed by atoms with Gasteiger partial charge in [-0.3, -0.25) is 0 Å². The van der Waals surface area contributed by atoms with Gasteiger partial charge in [-0.25, -0.2) is 9.97 Å². The Morgan fingerprint density at radius 3 is 1.42 bits per heavy atom. The molecule has 0 aliphatic carbocycles. The fourth-order valence-electron chi connectivity index (χ4n) is 10.1. The van der Waals surface area contributed by atoms with Crippen molar-refractivity contribution in [3.63, 3.8) is 0 Å². The summed E-state index contributed by atoms with van der Waals surface area (Å²) in [5.41, 5.74) is 8.78. The lowest BCUT2D eigenvalue weighted by Gasteiger charge is -2.18. The summed E-state index contributed by atoms with van der Waals surface area (Å²) in [7, 11) is 0. The van der Waals surface area contributed by atoms with Crippen molar-refractivity contribution in [3.8, 4) is 44.9 Å². The molecule has 60 heavy (non-hydrogen) atoms. The molecule has 0 aliphatic rings. The average Bonchev–Trinajstić information content (AvgIpc) is 3.32. The number of nitrogens with zero attached hydrogens (tertiary/aromatic N) is 2. The zero-order chi connectivity index (χ0) is 39.3. The highest BCUT2D eigenvalue weighted by Crippen LogP contribution is 2.46. The van der Waals surface area contributed by atoms with Gasteiger partial charge in [0, 0.05) is 16.5 Å². The number of hydrogen-bond donors (Lipinski definition) is 0. The molecule has 1 aromatic heterocycles. The van der Waals surface area contributed by atoms with E-state index in [4.69, 9.17) is 9.97 Å². The van der Waals surface area contributed by atoms with Crippen LogP contribution in [0.3, 0.4) is 0 Å². The van der Waals surface area contributed by atoms with Crippen LogP contribution in [0.2, 0.25) is 0 Å². The fraction of sp³-hybridized carbons (Fsp3) is 0. The van der Waals surface area contributed by atoms with Crippen molar-refractivity contribution in [1.82, 2.24) is 9.97 Å². The Morgan fingerprint density at radius 1 is 0.250 bits per heavy atom. The minimum Gasteiger partial charge on any atom is -0.228 e. The molecule has 276 valence electrons. The van der Waals surface area contributed by atoms with Gasteiger partial charge in [-0.15, -0.1) is 0 Å². The number of rotatable bonds is 4. The molecule has 13 aromatic rings. The minimum atomic E-state index is 0.729. The number of fused-ring (bicyclic) bond motifs is 4. The molecule has 0 spiro atoms. The molecule has 0 bridgehead atoms. The van der Waals surface area contributed by atoms with Crippen LogP contribution in [0.15, 0.2) is 206 Å². The SMILES string of the molecule is c1ccc(-c2nc(-c3ccc(-c4ccc(-c5cc6cccc7c8cccc9ccc%10cccc(c%11cccc5c%11c67)c%10c98)cc4)c4ccccc34)nc3ccccc23)cc1. The highest BCUT2D eigenvalue weighted by Gasteiger charge is 2.19. The maximum Gasteiger partial charge on any atom is 0.161 e. The van der Waals surface area contributed by atoms with E-state index in [1.807, 2.05) is 12.1 Å². The van der Waals surface area contributed by atoms with E-state index in [-0.39, 0.29) is 0 Å². The van der Waals surface area contributed by atoms with E-state index in [1.54, 1.807) is 0 Å². The van der Waals surface area contributed by atoms with Gasteiger partial charge >= 0.3 is 0 Å². The lowest BCUT2D eigenvalue weighted by atomic mass is 9.85. The second kappa shape index (κ2) is 12.8. The van der Waals surface area contributed by atoms with Gasteiger partial charge in [-0.2, -0.15) is 0 Å². The topological polar surface area (TPSA) is 25.8 Å². The Labute approximate surface area is 346 Å². The van der Waals surface area contributed by atoms with Crippen molar-refractivity contribution >= 4 is 86.3 Å². The van der Waals surface area contributed by atoms with Crippen LogP contribution in [0.4, 0.5) is 0 Å². The number of aromatic nitrogens is 2. The molecule has 0 aliphatic heterocycles. The van der Waals surface area contributed by atoms with Crippen molar-refractivity contribution in [2.24, 2.45) is 0 Å². The normalized spacial score (nSPS) is 12.0. The first kappa shape index (κ1) is 33.1. The van der Waals surface area contributed by atoms with Crippen LogP contribution < -0.4 is 0 Å². The fourth-order valence-corrected chi connectivity index (χ4v) is 10.1. The van der Waals surface area contributed by atoms with Crippen LogP contribution in [0.5, 0.6) is 0 Å². The monoisotopic (exact) mass is 758 g/mol. The first-order valence-electron chi connectivity index (χ1n) is 20.7. The molecule has 0 amide bonds. The summed E-state index contributed by atoms with van der Waals surface area (Å²) in [5.74, 6) is 0.729. The number of para-hydroxylation sites is 1. The van der Waals surface area contributed by atoms with E-state index >= 15 is 0 Å². The molecular formula is C58H34N2. The first-order chi connectivity index (χ1) is 29.8. The molecule has 2 nitrogen and oxygen atoms in total. The molecule has 0 N–H and O–H groups in total. The second-order valence-corrected chi connectivity index (χ2v) is 16.0. The molecule has 0 radical (unpaired) electrons. The summed E-state index contributed by atoms with van der Waals surface area (Å²) in [6.45, 7) is 0. The molecular weight excluding hydrogens is 725 g/mol. The van der Waals surface area contributed by atoms with Crippen molar-refractivity contribution in [1.29, 1.82) is 0 Å². The number of benzene rings is 11. The third kappa shape index (κ3) is 4.82. The van der Waals surface area contributed by atoms with E-state index in [0.29, 0.717) is 0 Å². The van der Waals surface area contributed by atoms with Crippen molar-refractivity contribution in [2.45, 2.75) is 0 Å². The van der Waals surface area contributed by atoms with Gasteiger partial charge in [0.15, 0.2) is 5.82 Å². The van der Waals surface area contributed by atoms with Crippen LogP contribution in [-0.2, 0) is 0 Å². The van der Waals surface area contributed by atoms with E-state index in [0.717, 1.165) is 38.9 Å². The zero-order valence-corrected chi connectivity index (χ0v) is 32.5. The molecule has 0 saturated carbocycles. The molecule has 1 heterocycles. The Hall–Kier alpha value is -7.94. The van der Waals surface area contributed by atoms with Crippen molar-refractivity contribution in [3.05, 3.63) is 206 Å². The molecule has 2 heteroatoms. The maximum atomic E-state index is 5.23. The van der Waals surface area contributed by atoms with E-state index in [1.165, 1.54) is 92.3 Å². The minimum absolute atomic E-state index is 0.729. The molecule has 0 saturated heterocycles. The number of hydrogen-bond acceptors (Lipinski definition) is 2. The van der Waals surface area contributed by atoms with E-state index < -0.39 is 0 Å². The van der Waals surface area contributed by atoms with Crippen LogP contribution in [-0.4, -0.2) is 9.97 Å². The lowest BCUT2D eigenvalue weighted by Crippen LogP contribution is -1.96. The van der Waals surface area contributed by atoms with Crippen LogP contribution in [0, 0.1) is 0 Å². The van der Waals surface area contributed by atoms with Gasteiger partial charge in [0.2, 0.25) is 0 Å². The molecule has 0 unspecified atom stereocenters. The van der Waals surface area contributed by atoms with Gasteiger partial charge < -0.3 is 0 Å². The van der Waals surface area contributed by atoms with Crippen LogP contribution in [0.1, 0.15) is 0 Å². The van der Waals surface area contributed by atoms with Gasteiger partial charge in [0.1, 0.15) is 0 Å². The average molecular weight is 759 g/mol.